The van der Waals surface area contributed by atoms with Crippen LogP contribution in [0.15, 0.2) is 30.3 Å². The lowest BCUT2D eigenvalue weighted by Gasteiger charge is -2.43. The van der Waals surface area contributed by atoms with E-state index in [1.807, 2.05) is 0 Å². The fourth-order valence-corrected chi connectivity index (χ4v) is 4.22. The van der Waals surface area contributed by atoms with Crippen LogP contribution in [0.3, 0.4) is 0 Å². The maximum atomic E-state index is 11.8. The van der Waals surface area contributed by atoms with Gasteiger partial charge in [0.2, 0.25) is 0 Å². The molecule has 0 spiro atoms. The average molecular weight is 360 g/mol. The van der Waals surface area contributed by atoms with Crippen LogP contribution in [-0.4, -0.2) is 52.9 Å². The van der Waals surface area contributed by atoms with Crippen LogP contribution in [0, 0.1) is 0 Å². The molecule has 0 bridgehead atoms. The molecule has 0 radical (unpaired) electrons. The highest BCUT2D eigenvalue weighted by Gasteiger charge is 2.54. The van der Waals surface area contributed by atoms with Gasteiger partial charge >= 0.3 is 10.3 Å². The molecule has 1 aliphatic rings. The Kier molecular flexibility index (Phi) is 5.50. The SMILES string of the molecule is CCS[C@H]1[C@H](NC(=O)COc2ccccc2)C(=O)N1S(=O)(=O)O. The van der Waals surface area contributed by atoms with Gasteiger partial charge in [-0.15, -0.1) is 11.8 Å². The van der Waals surface area contributed by atoms with Crippen molar-refractivity contribution in [3.05, 3.63) is 30.3 Å². The van der Waals surface area contributed by atoms with Crippen molar-refractivity contribution >= 4 is 33.9 Å². The van der Waals surface area contributed by atoms with Crippen LogP contribution >= 0.6 is 11.8 Å². The summed E-state index contributed by atoms with van der Waals surface area (Å²) in [4.78, 5) is 23.7. The maximum absolute atomic E-state index is 11.8. The Hall–Kier alpha value is -1.78. The second-order valence-electron chi connectivity index (χ2n) is 4.60. The number of benzene rings is 1. The molecule has 0 saturated carbocycles. The fourth-order valence-electron chi connectivity index (χ4n) is 2.03. The molecule has 1 saturated heterocycles. The third kappa shape index (κ3) is 4.15. The Bertz CT molecular complexity index is 679. The van der Waals surface area contributed by atoms with Crippen LogP contribution in [0.25, 0.3) is 0 Å². The Labute approximate surface area is 138 Å². The second kappa shape index (κ2) is 7.20. The molecule has 0 unspecified atom stereocenters. The third-order valence-corrected chi connectivity index (χ3v) is 5.21. The summed E-state index contributed by atoms with van der Waals surface area (Å²) >= 11 is 1.13. The van der Waals surface area contributed by atoms with Crippen LogP contribution in [0.1, 0.15) is 6.92 Å². The summed E-state index contributed by atoms with van der Waals surface area (Å²) in [7, 11) is -4.63. The lowest BCUT2D eigenvalue weighted by atomic mass is 10.1. The molecular weight excluding hydrogens is 344 g/mol. The number of thioether (sulfide) groups is 1. The number of ether oxygens (including phenoxy) is 1. The van der Waals surface area contributed by atoms with E-state index in [1.165, 1.54) is 0 Å². The van der Waals surface area contributed by atoms with Gasteiger partial charge in [0.15, 0.2) is 6.61 Å². The van der Waals surface area contributed by atoms with E-state index in [2.05, 4.69) is 5.32 Å². The standard InChI is InChI=1S/C13H16N2O6S2/c1-2-22-13-11(12(17)15(13)23(18,19)20)14-10(16)8-21-9-6-4-3-5-7-9/h3-7,11,13H,2,8H2,1H3,(H,14,16)(H,18,19,20)/t11-,13+/m1/s1. The number of amides is 2. The molecule has 0 aliphatic carbocycles. The summed E-state index contributed by atoms with van der Waals surface area (Å²) in [6.45, 7) is 1.47. The maximum Gasteiger partial charge on any atom is 0.363 e. The Morgan fingerprint density at radius 1 is 1.39 bits per heavy atom. The first-order chi connectivity index (χ1) is 10.8. The van der Waals surface area contributed by atoms with Gasteiger partial charge in [-0.25, -0.2) is 0 Å². The second-order valence-corrected chi connectivity index (χ2v) is 7.29. The first-order valence-electron chi connectivity index (χ1n) is 6.74. The molecule has 10 heteroatoms. The Morgan fingerprint density at radius 3 is 2.61 bits per heavy atom. The fraction of sp³-hybridized carbons (Fsp3) is 0.385. The monoisotopic (exact) mass is 360 g/mol. The topological polar surface area (TPSA) is 113 Å². The van der Waals surface area contributed by atoms with E-state index in [1.54, 1.807) is 37.3 Å². The number of nitrogens with zero attached hydrogens (tertiary/aromatic N) is 1. The first-order valence-corrected chi connectivity index (χ1v) is 9.18. The molecule has 1 fully saturated rings. The van der Waals surface area contributed by atoms with Gasteiger partial charge in [0.1, 0.15) is 17.2 Å². The summed E-state index contributed by atoms with van der Waals surface area (Å²) in [6.07, 6.45) is 0. The third-order valence-electron chi connectivity index (χ3n) is 3.02. The van der Waals surface area contributed by atoms with Crippen molar-refractivity contribution in [3.63, 3.8) is 0 Å². The number of β-lactam (4-membered cyclic amide) rings is 1. The lowest BCUT2D eigenvalue weighted by Crippen LogP contribution is -2.70. The number of rotatable bonds is 7. The summed E-state index contributed by atoms with van der Waals surface area (Å²) in [5, 5.41) is 1.56. The minimum absolute atomic E-state index is 0.302. The Balaban J connectivity index is 1.93. The molecule has 23 heavy (non-hydrogen) atoms. The zero-order valence-corrected chi connectivity index (χ0v) is 13.8. The van der Waals surface area contributed by atoms with Crippen LogP contribution in [0.4, 0.5) is 0 Å². The van der Waals surface area contributed by atoms with E-state index in [0.717, 1.165) is 11.8 Å². The van der Waals surface area contributed by atoms with Gasteiger partial charge in [-0.2, -0.15) is 12.7 Å². The van der Waals surface area contributed by atoms with E-state index >= 15 is 0 Å². The predicted molar refractivity (Wildman–Crippen MR) is 84.2 cm³/mol. The molecule has 2 amide bonds. The van der Waals surface area contributed by atoms with Crippen molar-refractivity contribution in [1.82, 2.24) is 9.62 Å². The van der Waals surface area contributed by atoms with Gasteiger partial charge in [-0.3, -0.25) is 14.1 Å². The van der Waals surface area contributed by atoms with Crippen molar-refractivity contribution in [2.24, 2.45) is 0 Å². The molecule has 1 aromatic carbocycles. The van der Waals surface area contributed by atoms with Gasteiger partial charge in [-0.1, -0.05) is 25.1 Å². The van der Waals surface area contributed by atoms with Crippen LogP contribution in [0.5, 0.6) is 5.75 Å². The molecule has 8 nitrogen and oxygen atoms in total. The largest absolute Gasteiger partial charge is 0.484 e. The lowest BCUT2D eigenvalue weighted by molar-refractivity contribution is -0.142. The highest BCUT2D eigenvalue weighted by molar-refractivity contribution is 8.00. The summed E-state index contributed by atoms with van der Waals surface area (Å²) in [6, 6.07) is 7.65. The summed E-state index contributed by atoms with van der Waals surface area (Å²) in [5.74, 6) is -0.409. The van der Waals surface area contributed by atoms with Gasteiger partial charge in [0, 0.05) is 0 Å². The molecular formula is C13H16N2O6S2. The summed E-state index contributed by atoms with van der Waals surface area (Å²) in [5.41, 5.74) is 0. The zero-order chi connectivity index (χ0) is 17.0. The molecule has 1 heterocycles. The van der Waals surface area contributed by atoms with E-state index in [4.69, 9.17) is 9.29 Å². The summed E-state index contributed by atoms with van der Waals surface area (Å²) < 4.78 is 37.0. The number of carbonyl (C=O) groups excluding carboxylic acids is 2. The van der Waals surface area contributed by atoms with Crippen molar-refractivity contribution in [1.29, 1.82) is 0 Å². The van der Waals surface area contributed by atoms with E-state index in [0.29, 0.717) is 15.8 Å². The van der Waals surface area contributed by atoms with Crippen molar-refractivity contribution in [3.8, 4) is 5.75 Å². The molecule has 2 rings (SSSR count). The number of carbonyl (C=O) groups is 2. The molecule has 1 aromatic rings. The quantitative estimate of drug-likeness (QED) is 0.530. The van der Waals surface area contributed by atoms with Crippen molar-refractivity contribution in [2.75, 3.05) is 12.4 Å². The highest BCUT2D eigenvalue weighted by Crippen LogP contribution is 2.32. The van der Waals surface area contributed by atoms with Gasteiger partial charge in [-0.05, 0) is 17.9 Å². The molecule has 126 valence electrons. The molecule has 2 N–H and O–H groups in total. The highest BCUT2D eigenvalue weighted by atomic mass is 32.2. The number of hydrogen-bond acceptors (Lipinski definition) is 6. The number of para-hydroxylation sites is 1. The van der Waals surface area contributed by atoms with Gasteiger partial charge in [0.05, 0.1) is 0 Å². The van der Waals surface area contributed by atoms with Crippen LogP contribution < -0.4 is 10.1 Å². The van der Waals surface area contributed by atoms with Crippen molar-refractivity contribution in [2.45, 2.75) is 18.3 Å². The number of hydrogen-bond donors (Lipinski definition) is 2. The normalized spacial score (nSPS) is 20.8. The van der Waals surface area contributed by atoms with Crippen LogP contribution in [-0.2, 0) is 19.9 Å². The van der Waals surface area contributed by atoms with Crippen LogP contribution in [0.2, 0.25) is 0 Å². The van der Waals surface area contributed by atoms with Gasteiger partial charge in [0.25, 0.3) is 11.8 Å². The minimum atomic E-state index is -4.63. The smallest absolute Gasteiger partial charge is 0.363 e. The zero-order valence-electron chi connectivity index (χ0n) is 12.2. The predicted octanol–water partition coefficient (Wildman–Crippen LogP) is 0.274. The van der Waals surface area contributed by atoms with Crippen molar-refractivity contribution < 1.29 is 27.3 Å². The first kappa shape index (κ1) is 17.6. The average Bonchev–Trinajstić information content (AvgIpc) is 2.50. The molecule has 2 atom stereocenters. The minimum Gasteiger partial charge on any atom is -0.484 e. The van der Waals surface area contributed by atoms with E-state index in [-0.39, 0.29) is 6.61 Å². The Morgan fingerprint density at radius 2 is 2.04 bits per heavy atom. The van der Waals surface area contributed by atoms with E-state index < -0.39 is 33.5 Å². The molecule has 0 aromatic heterocycles. The number of nitrogens with one attached hydrogen (secondary N) is 1. The van der Waals surface area contributed by atoms with E-state index in [9.17, 15) is 18.0 Å². The van der Waals surface area contributed by atoms with Gasteiger partial charge < -0.3 is 10.1 Å². The molecule has 1 aliphatic heterocycles.